The molecule has 1 aliphatic rings. The van der Waals surface area contributed by atoms with Crippen molar-refractivity contribution >= 4 is 0 Å². The van der Waals surface area contributed by atoms with E-state index in [4.69, 9.17) is 11.5 Å². The van der Waals surface area contributed by atoms with Crippen LogP contribution in [0.3, 0.4) is 0 Å². The zero-order chi connectivity index (χ0) is 9.35. The summed E-state index contributed by atoms with van der Waals surface area (Å²) in [6, 6.07) is -0.0394. The smallest absolute Gasteiger partial charge is 0.0534 e. The molecule has 0 aromatic heterocycles. The van der Waals surface area contributed by atoms with E-state index in [1.165, 1.54) is 0 Å². The predicted molar refractivity (Wildman–Crippen MR) is 52.3 cm³/mol. The molecule has 4 N–H and O–H groups in total. The Morgan fingerprint density at radius 3 is 2.50 bits per heavy atom. The summed E-state index contributed by atoms with van der Waals surface area (Å²) in [5, 5.41) is 0. The van der Waals surface area contributed by atoms with Gasteiger partial charge in [-0.1, -0.05) is 32.9 Å². The molecule has 2 atom stereocenters. The Kier molecular flexibility index (Phi) is 2.29. The zero-order valence-electron chi connectivity index (χ0n) is 8.04. The Labute approximate surface area is 74.3 Å². The van der Waals surface area contributed by atoms with Crippen molar-refractivity contribution in [1.82, 2.24) is 0 Å². The van der Waals surface area contributed by atoms with Crippen LogP contribution in [0.2, 0.25) is 0 Å². The summed E-state index contributed by atoms with van der Waals surface area (Å²) in [7, 11) is 0. The third-order valence-electron chi connectivity index (χ3n) is 3.02. The maximum absolute atomic E-state index is 6.01. The van der Waals surface area contributed by atoms with Gasteiger partial charge in [-0.3, -0.25) is 0 Å². The first-order valence-electron chi connectivity index (χ1n) is 4.39. The van der Waals surface area contributed by atoms with Crippen LogP contribution in [0, 0.1) is 11.3 Å². The summed E-state index contributed by atoms with van der Waals surface area (Å²) in [6.07, 6.45) is 6.03. The molecule has 0 saturated heterocycles. The van der Waals surface area contributed by atoms with Crippen LogP contribution in [0.5, 0.6) is 0 Å². The van der Waals surface area contributed by atoms with Gasteiger partial charge in [0.25, 0.3) is 0 Å². The van der Waals surface area contributed by atoms with Crippen molar-refractivity contribution in [2.24, 2.45) is 22.8 Å². The highest BCUT2D eigenvalue weighted by molar-refractivity contribution is 5.27. The Balaban J connectivity index is 2.95. The van der Waals surface area contributed by atoms with E-state index in [2.05, 4.69) is 26.8 Å². The van der Waals surface area contributed by atoms with E-state index in [9.17, 15) is 0 Å². The van der Waals surface area contributed by atoms with Gasteiger partial charge in [0.1, 0.15) is 0 Å². The van der Waals surface area contributed by atoms with Crippen molar-refractivity contribution in [2.45, 2.75) is 26.8 Å². The molecule has 0 amide bonds. The lowest BCUT2D eigenvalue weighted by molar-refractivity contribution is 0.255. The van der Waals surface area contributed by atoms with E-state index < -0.39 is 0 Å². The van der Waals surface area contributed by atoms with E-state index in [1.54, 1.807) is 0 Å². The average molecular weight is 166 g/mol. The summed E-state index contributed by atoms with van der Waals surface area (Å²) in [5.41, 5.74) is 12.6. The van der Waals surface area contributed by atoms with Crippen LogP contribution in [-0.4, -0.2) is 6.04 Å². The highest BCUT2D eigenvalue weighted by atomic mass is 14.8. The molecule has 1 aliphatic carbocycles. The molecule has 0 fully saturated rings. The molecular weight excluding hydrogens is 148 g/mol. The zero-order valence-corrected chi connectivity index (χ0v) is 8.04. The van der Waals surface area contributed by atoms with Gasteiger partial charge in [0.15, 0.2) is 0 Å². The third kappa shape index (κ3) is 1.27. The molecule has 0 bridgehead atoms. The first-order chi connectivity index (χ1) is 5.48. The highest BCUT2D eigenvalue weighted by Gasteiger charge is 2.35. The molecule has 68 valence electrons. The van der Waals surface area contributed by atoms with Gasteiger partial charge in [-0.15, -0.1) is 0 Å². The highest BCUT2D eigenvalue weighted by Crippen LogP contribution is 2.35. The van der Waals surface area contributed by atoms with Gasteiger partial charge in [0, 0.05) is 11.1 Å². The fraction of sp³-hybridized carbons (Fsp3) is 0.600. The maximum atomic E-state index is 6.01. The Morgan fingerprint density at radius 2 is 2.08 bits per heavy atom. The quantitative estimate of drug-likeness (QED) is 0.618. The monoisotopic (exact) mass is 166 g/mol. The van der Waals surface area contributed by atoms with Crippen molar-refractivity contribution in [1.29, 1.82) is 0 Å². The number of hydrogen-bond donors (Lipinski definition) is 2. The van der Waals surface area contributed by atoms with E-state index in [0.29, 0.717) is 5.92 Å². The van der Waals surface area contributed by atoms with Crippen LogP contribution in [-0.2, 0) is 0 Å². The second-order valence-corrected chi connectivity index (χ2v) is 4.02. The lowest BCUT2D eigenvalue weighted by Gasteiger charge is -2.38. The molecule has 2 heteroatoms. The van der Waals surface area contributed by atoms with Gasteiger partial charge in [-0.2, -0.15) is 0 Å². The number of nitrogens with two attached hydrogens (primary N) is 2. The van der Waals surface area contributed by atoms with E-state index in [-0.39, 0.29) is 11.5 Å². The molecule has 2 nitrogen and oxygen atoms in total. The van der Waals surface area contributed by atoms with Crippen LogP contribution in [0.1, 0.15) is 20.8 Å². The fourth-order valence-corrected chi connectivity index (χ4v) is 1.48. The minimum atomic E-state index is -0.0394. The second-order valence-electron chi connectivity index (χ2n) is 4.02. The van der Waals surface area contributed by atoms with Crippen LogP contribution < -0.4 is 11.5 Å². The van der Waals surface area contributed by atoms with E-state index in [0.717, 1.165) is 5.70 Å². The molecule has 0 aliphatic heterocycles. The van der Waals surface area contributed by atoms with Crippen LogP contribution in [0.4, 0.5) is 0 Å². The van der Waals surface area contributed by atoms with E-state index in [1.807, 2.05) is 12.2 Å². The molecule has 0 aromatic rings. The fourth-order valence-electron chi connectivity index (χ4n) is 1.48. The Bertz CT molecular complexity index is 228. The van der Waals surface area contributed by atoms with Gasteiger partial charge >= 0.3 is 0 Å². The topological polar surface area (TPSA) is 52.0 Å². The summed E-state index contributed by atoms with van der Waals surface area (Å²) in [5.74, 6) is 0.510. The molecule has 2 unspecified atom stereocenters. The van der Waals surface area contributed by atoms with Crippen LogP contribution in [0.25, 0.3) is 0 Å². The summed E-state index contributed by atoms with van der Waals surface area (Å²) in [4.78, 5) is 0. The first kappa shape index (κ1) is 9.33. The lowest BCUT2D eigenvalue weighted by atomic mass is 9.70. The molecule has 0 heterocycles. The molecule has 12 heavy (non-hydrogen) atoms. The molecular formula is C10H18N2. The van der Waals surface area contributed by atoms with Gasteiger partial charge < -0.3 is 11.5 Å². The van der Waals surface area contributed by atoms with Gasteiger partial charge in [-0.25, -0.2) is 0 Å². The van der Waals surface area contributed by atoms with Gasteiger partial charge in [0.05, 0.1) is 6.04 Å². The standard InChI is InChI=1S/C10H18N2/c1-7(2)10(3)6-4-5-8(11)9(10)12/h4-7,9H,11-12H2,1-3H3. The van der Waals surface area contributed by atoms with Crippen LogP contribution >= 0.6 is 0 Å². The minimum absolute atomic E-state index is 0.0127. The third-order valence-corrected chi connectivity index (χ3v) is 3.02. The Hall–Kier alpha value is -0.760. The molecule has 0 spiro atoms. The van der Waals surface area contributed by atoms with Crippen LogP contribution in [0.15, 0.2) is 23.9 Å². The SMILES string of the molecule is CC(C)C1(C)C=CC=C(N)C1N. The number of allylic oxidation sites excluding steroid dienone is 2. The van der Waals surface area contributed by atoms with Gasteiger partial charge in [-0.05, 0) is 12.0 Å². The Morgan fingerprint density at radius 1 is 1.50 bits per heavy atom. The van der Waals surface area contributed by atoms with Crippen molar-refractivity contribution in [3.8, 4) is 0 Å². The largest absolute Gasteiger partial charge is 0.401 e. The number of hydrogen-bond acceptors (Lipinski definition) is 2. The second kappa shape index (κ2) is 2.94. The maximum Gasteiger partial charge on any atom is 0.0534 e. The average Bonchev–Trinajstić information content (AvgIpc) is 2.00. The van der Waals surface area contributed by atoms with Crippen molar-refractivity contribution in [3.63, 3.8) is 0 Å². The normalized spacial score (nSPS) is 35.4. The van der Waals surface area contributed by atoms with E-state index >= 15 is 0 Å². The molecule has 0 radical (unpaired) electrons. The summed E-state index contributed by atoms with van der Waals surface area (Å²) in [6.45, 7) is 6.49. The molecule has 1 rings (SSSR count). The predicted octanol–water partition coefficient (Wildman–Crippen LogP) is 1.39. The van der Waals surface area contributed by atoms with Crippen molar-refractivity contribution in [2.75, 3.05) is 0 Å². The number of rotatable bonds is 1. The summed E-state index contributed by atoms with van der Waals surface area (Å²) >= 11 is 0. The van der Waals surface area contributed by atoms with Gasteiger partial charge in [0.2, 0.25) is 0 Å². The lowest BCUT2D eigenvalue weighted by Crippen LogP contribution is -2.46. The first-order valence-corrected chi connectivity index (χ1v) is 4.39. The van der Waals surface area contributed by atoms with Crippen molar-refractivity contribution < 1.29 is 0 Å². The van der Waals surface area contributed by atoms with Crippen molar-refractivity contribution in [3.05, 3.63) is 23.9 Å². The summed E-state index contributed by atoms with van der Waals surface area (Å²) < 4.78 is 0. The molecule has 0 aromatic carbocycles. The minimum Gasteiger partial charge on any atom is -0.401 e. The molecule has 0 saturated carbocycles.